The second-order valence-corrected chi connectivity index (χ2v) is 12.1. The number of ether oxygens (including phenoxy) is 3. The quantitative estimate of drug-likeness (QED) is 0.0994. The van der Waals surface area contributed by atoms with Gasteiger partial charge in [0.2, 0.25) is 0 Å². The standard InChI is InChI=1S/C32H38F6O6/c1-19(8-6-15-30(31(33,34)35,32(36,37)38)44-22(4)41)27-12-13-28-24(9-7-14-29(27,28)5)11-10-23-16-25(42-20(2)39)18-26(17-23)43-21(3)40/h10-12,19,25-26,28H,7-9,13-14,16-18H2,1-5H3/b23-10-,24-11+/t19?,25?,26-,28?,29-/m1/s1. The van der Waals surface area contributed by atoms with Gasteiger partial charge in [0.25, 0.3) is 0 Å². The highest BCUT2D eigenvalue weighted by Gasteiger charge is 2.74. The van der Waals surface area contributed by atoms with Crippen molar-refractivity contribution in [2.75, 3.05) is 0 Å². The molecule has 3 unspecified atom stereocenters. The molecule has 44 heavy (non-hydrogen) atoms. The highest BCUT2D eigenvalue weighted by atomic mass is 19.4. The van der Waals surface area contributed by atoms with E-state index >= 15 is 0 Å². The smallest absolute Gasteiger partial charge is 0.450 e. The number of hydrogen-bond acceptors (Lipinski definition) is 6. The predicted molar refractivity (Wildman–Crippen MR) is 147 cm³/mol. The molecule has 0 aromatic carbocycles. The fourth-order valence-corrected chi connectivity index (χ4v) is 6.85. The van der Waals surface area contributed by atoms with E-state index in [1.807, 2.05) is 24.1 Å². The van der Waals surface area contributed by atoms with Crippen molar-refractivity contribution in [3.63, 3.8) is 0 Å². The van der Waals surface area contributed by atoms with Crippen molar-refractivity contribution >= 4 is 17.9 Å². The molecule has 3 rings (SSSR count). The molecule has 6 nitrogen and oxygen atoms in total. The second-order valence-electron chi connectivity index (χ2n) is 12.1. The number of fused-ring (bicyclic) bond motifs is 1. The molecule has 2 fully saturated rings. The molecule has 0 aromatic heterocycles. The molecule has 244 valence electrons. The van der Waals surface area contributed by atoms with E-state index in [0.717, 1.165) is 36.0 Å². The molecular weight excluding hydrogens is 594 g/mol. The number of halogens is 6. The summed E-state index contributed by atoms with van der Waals surface area (Å²) in [7, 11) is 0. The van der Waals surface area contributed by atoms with Gasteiger partial charge < -0.3 is 14.2 Å². The van der Waals surface area contributed by atoms with Crippen LogP contribution in [0.1, 0.15) is 86.0 Å². The number of alkyl halides is 6. The molecule has 0 spiro atoms. The number of carbonyl (C=O) groups excluding carboxylic acids is 3. The summed E-state index contributed by atoms with van der Waals surface area (Å²) < 4.78 is 96.0. The predicted octanol–water partition coefficient (Wildman–Crippen LogP) is 7.48. The third-order valence-corrected chi connectivity index (χ3v) is 8.61. The summed E-state index contributed by atoms with van der Waals surface area (Å²) in [5, 5.41) is 0. The molecular formula is C32H38F6O6. The topological polar surface area (TPSA) is 78.9 Å². The summed E-state index contributed by atoms with van der Waals surface area (Å²) in [6.07, 6.45) is -2.53. The van der Waals surface area contributed by atoms with Crippen LogP contribution in [0.15, 0.2) is 34.9 Å². The fraction of sp³-hybridized carbons (Fsp3) is 0.656. The SMILES string of the molecule is CC(=O)OC1C/C(=C/C=C2\CCC[C@]3(C)C(C(C)CC#CC(OC(C)=O)(C(F)(F)F)C(F)(F)F)=CCC23)C[C@@H](OC(C)=O)C1. The van der Waals surface area contributed by atoms with Gasteiger partial charge in [-0.2, -0.15) is 26.3 Å². The molecule has 0 aliphatic heterocycles. The Morgan fingerprint density at radius 3 is 2.05 bits per heavy atom. The minimum absolute atomic E-state index is 0.0844. The molecule has 0 aromatic rings. The maximum Gasteiger partial charge on any atom is 0.450 e. The first kappa shape index (κ1) is 35.3. The van der Waals surface area contributed by atoms with Crippen molar-refractivity contribution in [2.45, 2.75) is 116 Å². The van der Waals surface area contributed by atoms with E-state index in [9.17, 15) is 40.7 Å². The molecule has 3 aliphatic carbocycles. The Balaban J connectivity index is 1.81. The normalized spacial score (nSPS) is 28.3. The monoisotopic (exact) mass is 632 g/mol. The summed E-state index contributed by atoms with van der Waals surface area (Å²) >= 11 is 0. The Bertz CT molecular complexity index is 1240. The summed E-state index contributed by atoms with van der Waals surface area (Å²) in [4.78, 5) is 34.3. The van der Waals surface area contributed by atoms with Crippen LogP contribution < -0.4 is 0 Å². The van der Waals surface area contributed by atoms with E-state index in [4.69, 9.17) is 9.47 Å². The summed E-state index contributed by atoms with van der Waals surface area (Å²) in [6.45, 7) is 6.89. The van der Waals surface area contributed by atoms with Gasteiger partial charge in [0.05, 0.1) is 0 Å². The largest absolute Gasteiger partial charge is 0.462 e. The van der Waals surface area contributed by atoms with Crippen molar-refractivity contribution in [3.8, 4) is 11.8 Å². The molecule has 5 atom stereocenters. The molecule has 0 heterocycles. The van der Waals surface area contributed by atoms with Gasteiger partial charge in [0, 0.05) is 46.5 Å². The summed E-state index contributed by atoms with van der Waals surface area (Å²) in [5.74, 6) is 0.325. The van der Waals surface area contributed by atoms with Gasteiger partial charge in [-0.05, 0) is 48.9 Å². The second kappa shape index (κ2) is 13.4. The van der Waals surface area contributed by atoms with Gasteiger partial charge >= 0.3 is 35.9 Å². The number of hydrogen-bond donors (Lipinski definition) is 0. The Hall–Kier alpha value is -3.23. The lowest BCUT2D eigenvalue weighted by Crippen LogP contribution is -2.58. The molecule has 0 N–H and O–H groups in total. The van der Waals surface area contributed by atoms with Crippen LogP contribution >= 0.6 is 0 Å². The van der Waals surface area contributed by atoms with Gasteiger partial charge in [-0.1, -0.05) is 54.7 Å². The molecule has 3 aliphatic rings. The van der Waals surface area contributed by atoms with E-state index in [0.29, 0.717) is 32.6 Å². The average molecular weight is 633 g/mol. The lowest BCUT2D eigenvalue weighted by atomic mass is 9.62. The van der Waals surface area contributed by atoms with Crippen molar-refractivity contribution in [3.05, 3.63) is 34.9 Å². The van der Waals surface area contributed by atoms with Crippen molar-refractivity contribution in [1.29, 1.82) is 0 Å². The maximum absolute atomic E-state index is 13.6. The number of allylic oxidation sites excluding steroid dienone is 5. The molecule has 0 saturated heterocycles. The van der Waals surface area contributed by atoms with E-state index < -0.39 is 54.0 Å². The van der Waals surface area contributed by atoms with Gasteiger partial charge in [0.15, 0.2) is 0 Å². The highest BCUT2D eigenvalue weighted by Crippen LogP contribution is 2.57. The van der Waals surface area contributed by atoms with E-state index in [1.165, 1.54) is 19.8 Å². The van der Waals surface area contributed by atoms with Crippen molar-refractivity contribution in [1.82, 2.24) is 0 Å². The Labute approximate surface area is 253 Å². The van der Waals surface area contributed by atoms with Crippen LogP contribution in [0.5, 0.6) is 0 Å². The number of carbonyl (C=O) groups is 3. The van der Waals surface area contributed by atoms with Crippen LogP contribution in [0.3, 0.4) is 0 Å². The number of esters is 3. The van der Waals surface area contributed by atoms with E-state index in [-0.39, 0.29) is 17.8 Å². The molecule has 2 saturated carbocycles. The Morgan fingerprint density at radius 2 is 1.55 bits per heavy atom. The van der Waals surface area contributed by atoms with Crippen LogP contribution in [-0.4, -0.2) is 48.1 Å². The minimum Gasteiger partial charge on any atom is -0.462 e. The molecule has 12 heteroatoms. The fourth-order valence-electron chi connectivity index (χ4n) is 6.85. The summed E-state index contributed by atoms with van der Waals surface area (Å²) in [5.41, 5.74) is -2.21. The third kappa shape index (κ3) is 7.88. The average Bonchev–Trinajstić information content (AvgIpc) is 3.21. The molecule has 0 amide bonds. The first-order valence-corrected chi connectivity index (χ1v) is 14.6. The van der Waals surface area contributed by atoms with E-state index in [2.05, 4.69) is 11.7 Å². The van der Waals surface area contributed by atoms with Crippen LogP contribution in [0.4, 0.5) is 26.3 Å². The third-order valence-electron chi connectivity index (χ3n) is 8.61. The highest BCUT2D eigenvalue weighted by molar-refractivity contribution is 5.68. The summed E-state index contributed by atoms with van der Waals surface area (Å²) in [6, 6.07) is 0. The number of rotatable bonds is 6. The minimum atomic E-state index is -5.98. The first-order valence-electron chi connectivity index (χ1n) is 14.6. The molecule has 0 bridgehead atoms. The van der Waals surface area contributed by atoms with Gasteiger partial charge in [-0.3, -0.25) is 14.4 Å². The van der Waals surface area contributed by atoms with Crippen molar-refractivity contribution < 1.29 is 54.9 Å². The zero-order chi connectivity index (χ0) is 33.1. The lowest BCUT2D eigenvalue weighted by Gasteiger charge is -2.42. The van der Waals surface area contributed by atoms with Crippen LogP contribution in [-0.2, 0) is 28.6 Å². The first-order chi connectivity index (χ1) is 20.3. The Morgan fingerprint density at radius 1 is 0.977 bits per heavy atom. The van der Waals surface area contributed by atoms with Crippen LogP contribution in [0.2, 0.25) is 0 Å². The molecule has 0 radical (unpaired) electrons. The van der Waals surface area contributed by atoms with Crippen molar-refractivity contribution in [2.24, 2.45) is 17.3 Å². The van der Waals surface area contributed by atoms with Gasteiger partial charge in [-0.15, -0.1) is 0 Å². The zero-order valence-electron chi connectivity index (χ0n) is 25.4. The Kier molecular flexibility index (Phi) is 10.7. The van der Waals surface area contributed by atoms with Crippen LogP contribution in [0, 0.1) is 29.1 Å². The van der Waals surface area contributed by atoms with E-state index in [1.54, 1.807) is 6.92 Å². The van der Waals surface area contributed by atoms with Gasteiger partial charge in [-0.25, -0.2) is 0 Å². The van der Waals surface area contributed by atoms with Crippen LogP contribution in [0.25, 0.3) is 0 Å². The lowest BCUT2D eigenvalue weighted by molar-refractivity contribution is -0.345. The maximum atomic E-state index is 13.6. The van der Waals surface area contributed by atoms with Gasteiger partial charge in [0.1, 0.15) is 12.2 Å². The zero-order valence-corrected chi connectivity index (χ0v) is 25.4.